The van der Waals surface area contributed by atoms with Crippen LogP contribution >= 0.6 is 0 Å². The van der Waals surface area contributed by atoms with Crippen molar-refractivity contribution in [2.45, 2.75) is 156 Å². The first-order valence-electron chi connectivity index (χ1n) is 16.2. The summed E-state index contributed by atoms with van der Waals surface area (Å²) in [6.07, 6.45) is 25.2. The molecule has 0 unspecified atom stereocenters. The average molecular weight is 561 g/mol. The van der Waals surface area contributed by atoms with E-state index in [1.165, 1.54) is 140 Å². The Kier molecular flexibility index (Phi) is 18.1. The van der Waals surface area contributed by atoms with Crippen molar-refractivity contribution in [2.24, 2.45) is 11.3 Å². The zero-order chi connectivity index (χ0) is 29.9. The van der Waals surface area contributed by atoms with E-state index in [2.05, 4.69) is 34.6 Å². The van der Waals surface area contributed by atoms with E-state index in [9.17, 15) is 9.59 Å². The van der Waals surface area contributed by atoms with Gasteiger partial charge in [0, 0.05) is 0 Å². The van der Waals surface area contributed by atoms with E-state index < -0.39 is 11.9 Å². The highest BCUT2D eigenvalue weighted by atomic mass is 16.5. The second kappa shape index (κ2) is 20.1. The predicted molar refractivity (Wildman–Crippen MR) is 166 cm³/mol. The van der Waals surface area contributed by atoms with Gasteiger partial charge in [-0.25, -0.2) is 9.59 Å². The van der Waals surface area contributed by atoms with Gasteiger partial charge >= 0.3 is 11.9 Å². The van der Waals surface area contributed by atoms with Crippen LogP contribution in [-0.4, -0.2) is 34.4 Å². The fourth-order valence-corrected chi connectivity index (χ4v) is 5.63. The van der Waals surface area contributed by atoms with E-state index in [4.69, 9.17) is 14.9 Å². The number of carboxylic acid groups (broad SMARTS) is 2. The molecule has 40 heavy (non-hydrogen) atoms. The highest BCUT2D eigenvalue weighted by Crippen LogP contribution is 2.41. The average Bonchev–Trinajstić information content (AvgIpc) is 2.92. The molecule has 0 aliphatic heterocycles. The Bertz CT molecular complexity index is 784. The number of hydrogen-bond donors (Lipinski definition) is 2. The summed E-state index contributed by atoms with van der Waals surface area (Å²) in [6.45, 7) is 12.5. The van der Waals surface area contributed by atoms with Crippen molar-refractivity contribution in [1.29, 1.82) is 0 Å². The first-order chi connectivity index (χ1) is 19.0. The molecule has 1 aromatic rings. The zero-order valence-corrected chi connectivity index (χ0v) is 26.4. The van der Waals surface area contributed by atoms with Crippen LogP contribution in [0.2, 0.25) is 0 Å². The molecule has 0 spiro atoms. The summed E-state index contributed by atoms with van der Waals surface area (Å²) in [5.41, 5.74) is 0.106. The maximum atomic E-state index is 10.5. The summed E-state index contributed by atoms with van der Waals surface area (Å²) in [7, 11) is 0. The van der Waals surface area contributed by atoms with Gasteiger partial charge in [-0.1, -0.05) is 130 Å². The van der Waals surface area contributed by atoms with Crippen molar-refractivity contribution in [2.75, 3.05) is 6.61 Å². The van der Waals surface area contributed by atoms with E-state index in [0.717, 1.165) is 12.5 Å². The van der Waals surface area contributed by atoms with Crippen LogP contribution in [0.1, 0.15) is 171 Å². The summed E-state index contributed by atoms with van der Waals surface area (Å²) in [6, 6.07) is 5.48. The Morgan fingerprint density at radius 3 is 1.68 bits per heavy atom. The SMILES string of the molecule is CCCCCCCCC1CCC(CCCCCCCC)(OCC(C)(C)C)CC1.O=C(O)c1ccccc1C(=O)O. The van der Waals surface area contributed by atoms with Gasteiger partial charge in [0.1, 0.15) is 0 Å². The van der Waals surface area contributed by atoms with Crippen LogP contribution in [0.3, 0.4) is 0 Å². The summed E-state index contributed by atoms with van der Waals surface area (Å²) in [5.74, 6) is -1.48. The number of benzene rings is 1. The fourth-order valence-electron chi connectivity index (χ4n) is 5.63. The molecule has 0 aromatic heterocycles. The Morgan fingerprint density at radius 1 is 0.775 bits per heavy atom. The molecule has 2 N–H and O–H groups in total. The lowest BCUT2D eigenvalue weighted by molar-refractivity contribution is -0.107. The van der Waals surface area contributed by atoms with Gasteiger partial charge in [0.25, 0.3) is 0 Å². The minimum absolute atomic E-state index is 0.190. The van der Waals surface area contributed by atoms with Crippen molar-refractivity contribution < 1.29 is 24.5 Å². The van der Waals surface area contributed by atoms with Crippen molar-refractivity contribution in [3.05, 3.63) is 35.4 Å². The summed E-state index contributed by atoms with van der Waals surface area (Å²) >= 11 is 0. The first-order valence-corrected chi connectivity index (χ1v) is 16.2. The molecule has 1 aromatic carbocycles. The van der Waals surface area contributed by atoms with Crippen molar-refractivity contribution in [1.82, 2.24) is 0 Å². The van der Waals surface area contributed by atoms with Gasteiger partial charge in [0.05, 0.1) is 23.3 Å². The van der Waals surface area contributed by atoms with Gasteiger partial charge in [-0.05, 0) is 55.6 Å². The first kappa shape index (κ1) is 36.1. The summed E-state index contributed by atoms with van der Waals surface area (Å²) in [5, 5.41) is 17.1. The fraction of sp³-hybridized carbons (Fsp3) is 0.771. The van der Waals surface area contributed by atoms with E-state index >= 15 is 0 Å². The third-order valence-electron chi connectivity index (χ3n) is 8.17. The van der Waals surface area contributed by atoms with Crippen LogP contribution in [0.15, 0.2) is 24.3 Å². The molecule has 5 nitrogen and oxygen atoms in total. The highest BCUT2D eigenvalue weighted by molar-refractivity contribution is 6.01. The number of unbranched alkanes of at least 4 members (excludes halogenated alkanes) is 10. The van der Waals surface area contributed by atoms with Crippen LogP contribution in [0, 0.1) is 11.3 Å². The Hall–Kier alpha value is -1.88. The number of carboxylic acids is 2. The van der Waals surface area contributed by atoms with Gasteiger partial charge < -0.3 is 14.9 Å². The monoisotopic (exact) mass is 560 g/mol. The van der Waals surface area contributed by atoms with Gasteiger partial charge in [0.2, 0.25) is 0 Å². The highest BCUT2D eigenvalue weighted by Gasteiger charge is 2.36. The lowest BCUT2D eigenvalue weighted by atomic mass is 9.74. The predicted octanol–water partition coefficient (Wildman–Crippen LogP) is 10.6. The van der Waals surface area contributed by atoms with Crippen LogP contribution in [0.5, 0.6) is 0 Å². The molecule has 1 aliphatic rings. The number of rotatable bonds is 18. The van der Waals surface area contributed by atoms with E-state index in [1.54, 1.807) is 0 Å². The lowest BCUT2D eigenvalue weighted by Crippen LogP contribution is -2.39. The molecule has 2 rings (SSSR count). The van der Waals surface area contributed by atoms with Gasteiger partial charge in [0.15, 0.2) is 0 Å². The van der Waals surface area contributed by atoms with Gasteiger partial charge in [-0.2, -0.15) is 0 Å². The third kappa shape index (κ3) is 15.8. The normalized spacial score (nSPS) is 19.1. The minimum Gasteiger partial charge on any atom is -0.478 e. The molecule has 5 heteroatoms. The van der Waals surface area contributed by atoms with E-state index in [1.807, 2.05) is 0 Å². The molecule has 0 atom stereocenters. The molecular formula is C35H60O5. The number of ether oxygens (including phenoxy) is 1. The third-order valence-corrected chi connectivity index (χ3v) is 8.17. The number of aromatic carboxylic acids is 2. The van der Waals surface area contributed by atoms with Crippen molar-refractivity contribution in [3.63, 3.8) is 0 Å². The molecule has 0 heterocycles. The molecule has 1 saturated carbocycles. The Labute approximate surface area is 245 Å². The van der Waals surface area contributed by atoms with Gasteiger partial charge in [-0.3, -0.25) is 0 Å². The molecule has 1 fully saturated rings. The quantitative estimate of drug-likeness (QED) is 0.174. The smallest absolute Gasteiger partial charge is 0.336 e. The zero-order valence-electron chi connectivity index (χ0n) is 26.4. The maximum absolute atomic E-state index is 10.5. The Balaban J connectivity index is 0.000000552. The van der Waals surface area contributed by atoms with Crippen LogP contribution in [0.25, 0.3) is 0 Å². The standard InChI is InChI=1S/C27H54O.C8H6O4/c1-6-8-10-12-14-16-18-25-19-22-27(23-20-25,28-24-26(3,4)5)21-17-15-13-11-9-7-2;9-7(10)5-3-1-2-4-6(5)8(11)12/h25H,6-24H2,1-5H3;1-4H,(H,9,10)(H,11,12). The summed E-state index contributed by atoms with van der Waals surface area (Å²) < 4.78 is 6.68. The van der Waals surface area contributed by atoms with Crippen LogP contribution in [-0.2, 0) is 4.74 Å². The van der Waals surface area contributed by atoms with E-state index in [0.29, 0.717) is 0 Å². The largest absolute Gasteiger partial charge is 0.478 e. The Morgan fingerprint density at radius 2 is 1.23 bits per heavy atom. The molecule has 0 bridgehead atoms. The topological polar surface area (TPSA) is 83.8 Å². The van der Waals surface area contributed by atoms with Crippen LogP contribution < -0.4 is 0 Å². The van der Waals surface area contributed by atoms with E-state index in [-0.39, 0.29) is 22.1 Å². The second-order valence-corrected chi connectivity index (χ2v) is 13.2. The molecular weight excluding hydrogens is 500 g/mol. The second-order valence-electron chi connectivity index (χ2n) is 13.2. The molecule has 0 radical (unpaired) electrons. The number of hydrogen-bond acceptors (Lipinski definition) is 3. The molecule has 0 amide bonds. The summed E-state index contributed by atoms with van der Waals surface area (Å²) in [4.78, 5) is 20.9. The molecule has 230 valence electrons. The minimum atomic E-state index is -1.23. The van der Waals surface area contributed by atoms with Crippen molar-refractivity contribution in [3.8, 4) is 0 Å². The molecule has 0 saturated heterocycles. The lowest BCUT2D eigenvalue weighted by Gasteiger charge is -2.42. The van der Waals surface area contributed by atoms with Gasteiger partial charge in [-0.15, -0.1) is 0 Å². The number of carbonyl (C=O) groups is 2. The molecule has 1 aliphatic carbocycles. The van der Waals surface area contributed by atoms with Crippen LogP contribution in [0.4, 0.5) is 0 Å². The maximum Gasteiger partial charge on any atom is 0.336 e. The van der Waals surface area contributed by atoms with Crippen molar-refractivity contribution >= 4 is 11.9 Å².